The lowest BCUT2D eigenvalue weighted by atomic mass is 9.96. The van der Waals surface area contributed by atoms with Gasteiger partial charge in [0.25, 0.3) is 5.91 Å². The maximum absolute atomic E-state index is 12.7. The lowest BCUT2D eigenvalue weighted by Crippen LogP contribution is -2.52. The summed E-state index contributed by atoms with van der Waals surface area (Å²) in [6.45, 7) is 0.0463. The first kappa shape index (κ1) is 17.7. The number of benzene rings is 1. The van der Waals surface area contributed by atoms with E-state index in [1.54, 1.807) is 6.07 Å². The van der Waals surface area contributed by atoms with E-state index in [1.807, 2.05) is 0 Å². The summed E-state index contributed by atoms with van der Waals surface area (Å²) < 4.78 is 0. The number of ketones is 1. The van der Waals surface area contributed by atoms with Crippen molar-refractivity contribution in [1.82, 2.24) is 10.2 Å². The zero-order valence-corrected chi connectivity index (χ0v) is 13.7. The SMILES string of the molecule is NC(CC(=O)c1cccc2c1CN(C1CCC(=O)NC1=O)C2=O)C(=O)O. The van der Waals surface area contributed by atoms with Gasteiger partial charge >= 0.3 is 5.97 Å². The van der Waals surface area contributed by atoms with Crippen molar-refractivity contribution in [3.63, 3.8) is 0 Å². The van der Waals surface area contributed by atoms with Crippen LogP contribution in [0.25, 0.3) is 0 Å². The van der Waals surface area contributed by atoms with Gasteiger partial charge in [0.15, 0.2) is 5.78 Å². The van der Waals surface area contributed by atoms with Gasteiger partial charge in [-0.3, -0.25) is 29.3 Å². The number of rotatable bonds is 5. The number of amides is 3. The smallest absolute Gasteiger partial charge is 0.320 e. The average molecular weight is 359 g/mol. The molecule has 0 aromatic heterocycles. The second kappa shape index (κ2) is 6.68. The zero-order chi connectivity index (χ0) is 19.0. The average Bonchev–Trinajstić information content (AvgIpc) is 2.91. The summed E-state index contributed by atoms with van der Waals surface area (Å²) in [5.74, 6) is -3.08. The van der Waals surface area contributed by atoms with E-state index < -0.39 is 42.1 Å². The molecular formula is C17H17N3O6. The number of hydrogen-bond acceptors (Lipinski definition) is 6. The molecule has 2 atom stereocenters. The minimum absolute atomic E-state index is 0.0463. The Morgan fingerprint density at radius 3 is 2.69 bits per heavy atom. The molecule has 0 aliphatic carbocycles. The Morgan fingerprint density at radius 2 is 2.04 bits per heavy atom. The lowest BCUT2D eigenvalue weighted by molar-refractivity contribution is -0.139. The largest absolute Gasteiger partial charge is 0.480 e. The van der Waals surface area contributed by atoms with Gasteiger partial charge in [-0.25, -0.2) is 0 Å². The third-order valence-electron chi connectivity index (χ3n) is 4.60. The van der Waals surface area contributed by atoms with Crippen LogP contribution in [0.15, 0.2) is 18.2 Å². The Hall–Kier alpha value is -3.07. The number of nitrogens with two attached hydrogens (primary N) is 1. The van der Waals surface area contributed by atoms with E-state index in [0.717, 1.165) is 0 Å². The van der Waals surface area contributed by atoms with Gasteiger partial charge in [0.1, 0.15) is 12.1 Å². The van der Waals surface area contributed by atoms with Crippen LogP contribution in [0.4, 0.5) is 0 Å². The number of carboxylic acid groups (broad SMARTS) is 1. The highest BCUT2D eigenvalue weighted by atomic mass is 16.4. The molecule has 9 nitrogen and oxygen atoms in total. The highest BCUT2D eigenvalue weighted by molar-refractivity contribution is 6.08. The first-order valence-corrected chi connectivity index (χ1v) is 8.07. The third kappa shape index (κ3) is 3.08. The van der Waals surface area contributed by atoms with Gasteiger partial charge in [-0.1, -0.05) is 12.1 Å². The van der Waals surface area contributed by atoms with Crippen LogP contribution in [-0.4, -0.2) is 51.6 Å². The van der Waals surface area contributed by atoms with Crippen molar-refractivity contribution in [2.45, 2.75) is 37.9 Å². The second-order valence-corrected chi connectivity index (χ2v) is 6.30. The van der Waals surface area contributed by atoms with Gasteiger partial charge in [-0.2, -0.15) is 0 Å². The number of hydrogen-bond donors (Lipinski definition) is 3. The Balaban J connectivity index is 1.86. The molecule has 2 aliphatic heterocycles. The number of carbonyl (C=O) groups excluding carboxylic acids is 4. The Labute approximate surface area is 148 Å². The normalized spacial score (nSPS) is 20.6. The monoisotopic (exact) mass is 359 g/mol. The molecule has 3 amide bonds. The van der Waals surface area contributed by atoms with Crippen LogP contribution < -0.4 is 11.1 Å². The molecule has 0 saturated carbocycles. The summed E-state index contributed by atoms with van der Waals surface area (Å²) in [6.07, 6.45) is -0.0360. The van der Waals surface area contributed by atoms with Gasteiger partial charge < -0.3 is 15.7 Å². The number of carboxylic acids is 1. The van der Waals surface area contributed by atoms with Crippen molar-refractivity contribution in [2.75, 3.05) is 0 Å². The molecule has 4 N–H and O–H groups in total. The lowest BCUT2D eigenvalue weighted by Gasteiger charge is -2.29. The molecule has 3 rings (SSSR count). The molecule has 1 aromatic carbocycles. The van der Waals surface area contributed by atoms with Crippen molar-refractivity contribution < 1.29 is 29.1 Å². The molecule has 0 radical (unpaired) electrons. The zero-order valence-electron chi connectivity index (χ0n) is 13.7. The molecule has 1 saturated heterocycles. The van der Waals surface area contributed by atoms with Crippen molar-refractivity contribution >= 4 is 29.5 Å². The predicted octanol–water partition coefficient (Wildman–Crippen LogP) is -0.568. The summed E-state index contributed by atoms with van der Waals surface area (Å²) in [4.78, 5) is 60.6. The standard InChI is InChI=1S/C17H17N3O6/c18-11(17(25)26)6-13(21)8-2-1-3-9-10(8)7-20(16(9)24)12-4-5-14(22)19-15(12)23/h1-3,11-12H,4-7,18H2,(H,25,26)(H,19,22,23). The summed E-state index contributed by atoms with van der Waals surface area (Å²) >= 11 is 0. The predicted molar refractivity (Wildman–Crippen MR) is 87.0 cm³/mol. The molecule has 9 heteroatoms. The van der Waals surface area contributed by atoms with Crippen LogP contribution in [0.1, 0.15) is 45.5 Å². The number of nitrogens with zero attached hydrogens (tertiary/aromatic N) is 1. The molecule has 0 bridgehead atoms. The van der Waals surface area contributed by atoms with E-state index in [9.17, 15) is 24.0 Å². The molecule has 0 spiro atoms. The molecule has 2 aliphatic rings. The Bertz CT molecular complexity index is 834. The minimum Gasteiger partial charge on any atom is -0.480 e. The van der Waals surface area contributed by atoms with Crippen LogP contribution in [-0.2, 0) is 20.9 Å². The first-order chi connectivity index (χ1) is 12.3. The Morgan fingerprint density at radius 1 is 1.31 bits per heavy atom. The fourth-order valence-corrected chi connectivity index (χ4v) is 3.24. The van der Waals surface area contributed by atoms with Crippen LogP contribution in [0.3, 0.4) is 0 Å². The maximum atomic E-state index is 12.7. The maximum Gasteiger partial charge on any atom is 0.320 e. The highest BCUT2D eigenvalue weighted by Crippen LogP contribution is 2.30. The van der Waals surface area contributed by atoms with Gasteiger partial charge in [-0.05, 0) is 18.1 Å². The van der Waals surface area contributed by atoms with Crippen molar-refractivity contribution in [1.29, 1.82) is 0 Å². The molecule has 1 aromatic rings. The number of imide groups is 1. The van der Waals surface area contributed by atoms with Crippen LogP contribution >= 0.6 is 0 Å². The van der Waals surface area contributed by atoms with Crippen LogP contribution in [0.2, 0.25) is 0 Å². The van der Waals surface area contributed by atoms with Crippen LogP contribution in [0.5, 0.6) is 0 Å². The fourth-order valence-electron chi connectivity index (χ4n) is 3.24. The van der Waals surface area contributed by atoms with Gasteiger partial charge in [-0.15, -0.1) is 0 Å². The number of Topliss-reactive ketones (excluding diaryl/α,β-unsaturated/α-hetero) is 1. The van der Waals surface area contributed by atoms with Crippen molar-refractivity contribution in [3.8, 4) is 0 Å². The second-order valence-electron chi connectivity index (χ2n) is 6.30. The molecule has 136 valence electrons. The topological polar surface area (TPSA) is 147 Å². The highest BCUT2D eigenvalue weighted by Gasteiger charge is 2.40. The Kier molecular flexibility index (Phi) is 4.56. The fraction of sp³-hybridized carbons (Fsp3) is 0.353. The van der Waals surface area contributed by atoms with Gasteiger partial charge in [0.2, 0.25) is 11.8 Å². The molecule has 2 heterocycles. The minimum atomic E-state index is -1.33. The van der Waals surface area contributed by atoms with Gasteiger partial charge in [0, 0.05) is 30.5 Å². The number of piperidine rings is 1. The van der Waals surface area contributed by atoms with E-state index in [2.05, 4.69) is 5.32 Å². The van der Waals surface area contributed by atoms with E-state index in [-0.39, 0.29) is 30.9 Å². The molecule has 1 fully saturated rings. The van der Waals surface area contributed by atoms with Crippen LogP contribution in [0, 0.1) is 0 Å². The number of carbonyl (C=O) groups is 5. The van der Waals surface area contributed by atoms with E-state index >= 15 is 0 Å². The number of aliphatic carboxylic acids is 1. The first-order valence-electron chi connectivity index (χ1n) is 8.07. The number of fused-ring (bicyclic) bond motifs is 1. The molecular weight excluding hydrogens is 342 g/mol. The summed E-state index contributed by atoms with van der Waals surface area (Å²) in [5.41, 5.74) is 6.39. The quantitative estimate of drug-likeness (QED) is 0.471. The summed E-state index contributed by atoms with van der Waals surface area (Å²) in [7, 11) is 0. The summed E-state index contributed by atoms with van der Waals surface area (Å²) in [6, 6.07) is 2.48. The number of nitrogens with one attached hydrogen (secondary N) is 1. The van der Waals surface area contributed by atoms with Gasteiger partial charge in [0.05, 0.1) is 0 Å². The van der Waals surface area contributed by atoms with Crippen molar-refractivity contribution in [2.24, 2.45) is 5.73 Å². The van der Waals surface area contributed by atoms with E-state index in [0.29, 0.717) is 11.1 Å². The third-order valence-corrected chi connectivity index (χ3v) is 4.60. The van der Waals surface area contributed by atoms with Crippen molar-refractivity contribution in [3.05, 3.63) is 34.9 Å². The summed E-state index contributed by atoms with van der Waals surface area (Å²) in [5, 5.41) is 11.1. The molecule has 26 heavy (non-hydrogen) atoms. The van der Waals surface area contributed by atoms with E-state index in [1.165, 1.54) is 17.0 Å². The molecule has 2 unspecified atom stereocenters. The van der Waals surface area contributed by atoms with E-state index in [4.69, 9.17) is 10.8 Å².